The summed E-state index contributed by atoms with van der Waals surface area (Å²) in [7, 11) is 0. The molecule has 0 aliphatic heterocycles. The fraction of sp³-hybridized carbons (Fsp3) is 0.538. The van der Waals surface area contributed by atoms with Crippen LogP contribution in [0.2, 0.25) is 0 Å². The molecule has 1 atom stereocenters. The van der Waals surface area contributed by atoms with Gasteiger partial charge in [-0.1, -0.05) is 0 Å². The normalized spacial score (nSPS) is 18.9. The Kier molecular flexibility index (Phi) is 2.91. The second-order valence-electron chi connectivity index (χ2n) is 5.11. The molecule has 3 N–H and O–H groups in total. The van der Waals surface area contributed by atoms with Crippen molar-refractivity contribution in [2.24, 2.45) is 0 Å². The van der Waals surface area contributed by atoms with Crippen molar-refractivity contribution < 1.29 is 0 Å². The summed E-state index contributed by atoms with van der Waals surface area (Å²) in [6.07, 6.45) is 5.28. The van der Waals surface area contributed by atoms with E-state index < -0.39 is 0 Å². The molecule has 1 aliphatic rings. The highest BCUT2D eigenvalue weighted by atomic mass is 15.1. The van der Waals surface area contributed by atoms with Crippen molar-refractivity contribution in [1.82, 2.24) is 25.7 Å². The molecule has 18 heavy (non-hydrogen) atoms. The lowest BCUT2D eigenvalue weighted by Gasteiger charge is -2.22. The molecule has 2 heterocycles. The summed E-state index contributed by atoms with van der Waals surface area (Å²) in [6, 6.07) is 0.523. The van der Waals surface area contributed by atoms with E-state index in [0.717, 1.165) is 30.8 Å². The molecular weight excluding hydrogens is 226 g/mol. The van der Waals surface area contributed by atoms with E-state index in [2.05, 4.69) is 39.6 Å². The van der Waals surface area contributed by atoms with Crippen LogP contribution >= 0.6 is 0 Å². The first kappa shape index (κ1) is 11.5. The molecule has 5 nitrogen and oxygen atoms in total. The Labute approximate surface area is 106 Å². The summed E-state index contributed by atoms with van der Waals surface area (Å²) >= 11 is 0. The third-order valence-corrected chi connectivity index (χ3v) is 3.93. The summed E-state index contributed by atoms with van der Waals surface area (Å²) in [5.74, 6) is 0. The SMILES string of the molecule is Cc1[nH]nc(CNC2CCc3cn[nH]c3C2)c1C. The van der Waals surface area contributed by atoms with Gasteiger partial charge in [-0.3, -0.25) is 10.2 Å². The minimum atomic E-state index is 0.523. The van der Waals surface area contributed by atoms with Crippen LogP contribution in [0.5, 0.6) is 0 Å². The van der Waals surface area contributed by atoms with Gasteiger partial charge in [0.2, 0.25) is 0 Å². The first-order chi connectivity index (χ1) is 8.74. The molecule has 0 bridgehead atoms. The van der Waals surface area contributed by atoms with Crippen LogP contribution < -0.4 is 5.32 Å². The van der Waals surface area contributed by atoms with Crippen molar-refractivity contribution in [3.63, 3.8) is 0 Å². The van der Waals surface area contributed by atoms with Gasteiger partial charge in [0, 0.05) is 30.4 Å². The number of aryl methyl sites for hydroxylation is 2. The van der Waals surface area contributed by atoms with Gasteiger partial charge in [-0.2, -0.15) is 10.2 Å². The zero-order chi connectivity index (χ0) is 12.5. The van der Waals surface area contributed by atoms with Gasteiger partial charge in [-0.05, 0) is 37.8 Å². The van der Waals surface area contributed by atoms with E-state index in [1.165, 1.54) is 23.2 Å². The summed E-state index contributed by atoms with van der Waals surface area (Å²) in [5.41, 5.74) is 6.21. The predicted molar refractivity (Wildman–Crippen MR) is 69.3 cm³/mol. The maximum absolute atomic E-state index is 4.33. The average molecular weight is 245 g/mol. The topological polar surface area (TPSA) is 69.4 Å². The van der Waals surface area contributed by atoms with Crippen molar-refractivity contribution in [2.45, 2.75) is 45.7 Å². The second kappa shape index (κ2) is 4.57. The maximum atomic E-state index is 4.33. The largest absolute Gasteiger partial charge is 0.308 e. The summed E-state index contributed by atoms with van der Waals surface area (Å²) in [5, 5.41) is 18.1. The van der Waals surface area contributed by atoms with Gasteiger partial charge < -0.3 is 5.32 Å². The van der Waals surface area contributed by atoms with E-state index in [-0.39, 0.29) is 0 Å². The van der Waals surface area contributed by atoms with E-state index in [1.54, 1.807) is 0 Å². The third-order valence-electron chi connectivity index (χ3n) is 3.93. The molecule has 0 radical (unpaired) electrons. The van der Waals surface area contributed by atoms with Gasteiger partial charge in [0.05, 0.1) is 11.9 Å². The quantitative estimate of drug-likeness (QED) is 0.765. The first-order valence-corrected chi connectivity index (χ1v) is 6.49. The van der Waals surface area contributed by atoms with Crippen LogP contribution in [0.4, 0.5) is 0 Å². The Balaban J connectivity index is 1.60. The molecule has 1 aliphatic carbocycles. The number of aromatic amines is 2. The minimum Gasteiger partial charge on any atom is -0.308 e. The van der Waals surface area contributed by atoms with Crippen LogP contribution in [0.25, 0.3) is 0 Å². The molecule has 3 rings (SSSR count). The summed E-state index contributed by atoms with van der Waals surface area (Å²) < 4.78 is 0. The number of rotatable bonds is 3. The van der Waals surface area contributed by atoms with Gasteiger partial charge in [0.25, 0.3) is 0 Å². The molecule has 0 aromatic carbocycles. The zero-order valence-corrected chi connectivity index (χ0v) is 10.9. The highest BCUT2D eigenvalue weighted by Gasteiger charge is 2.20. The van der Waals surface area contributed by atoms with Crippen LogP contribution in [0, 0.1) is 13.8 Å². The Hall–Kier alpha value is -1.62. The van der Waals surface area contributed by atoms with E-state index in [9.17, 15) is 0 Å². The van der Waals surface area contributed by atoms with Crippen LogP contribution in [0.15, 0.2) is 6.20 Å². The van der Waals surface area contributed by atoms with Crippen molar-refractivity contribution in [3.05, 3.63) is 34.4 Å². The molecule has 2 aromatic heterocycles. The lowest BCUT2D eigenvalue weighted by molar-refractivity contribution is 0.450. The molecule has 0 saturated carbocycles. The van der Waals surface area contributed by atoms with Gasteiger partial charge in [-0.15, -0.1) is 0 Å². The number of hydrogen-bond donors (Lipinski definition) is 3. The third kappa shape index (κ3) is 2.06. The molecule has 0 amide bonds. The maximum Gasteiger partial charge on any atom is 0.0791 e. The Morgan fingerprint density at radius 2 is 2.28 bits per heavy atom. The van der Waals surface area contributed by atoms with E-state index >= 15 is 0 Å². The number of nitrogens with zero attached hydrogens (tertiary/aromatic N) is 2. The lowest BCUT2D eigenvalue weighted by Crippen LogP contribution is -2.34. The Morgan fingerprint density at radius 3 is 3.06 bits per heavy atom. The van der Waals surface area contributed by atoms with Crippen molar-refractivity contribution >= 4 is 0 Å². The van der Waals surface area contributed by atoms with E-state index in [1.807, 2.05) is 6.20 Å². The van der Waals surface area contributed by atoms with Crippen LogP contribution in [0.3, 0.4) is 0 Å². The zero-order valence-electron chi connectivity index (χ0n) is 10.9. The predicted octanol–water partition coefficient (Wildman–Crippen LogP) is 1.40. The minimum absolute atomic E-state index is 0.523. The fourth-order valence-corrected chi connectivity index (χ4v) is 2.53. The molecule has 5 heteroatoms. The monoisotopic (exact) mass is 245 g/mol. The first-order valence-electron chi connectivity index (χ1n) is 6.49. The van der Waals surface area contributed by atoms with Crippen LogP contribution in [-0.4, -0.2) is 26.4 Å². The van der Waals surface area contributed by atoms with Crippen molar-refractivity contribution in [1.29, 1.82) is 0 Å². The fourth-order valence-electron chi connectivity index (χ4n) is 2.53. The number of aromatic nitrogens is 4. The second-order valence-corrected chi connectivity index (χ2v) is 5.11. The van der Waals surface area contributed by atoms with E-state index in [0.29, 0.717) is 6.04 Å². The van der Waals surface area contributed by atoms with E-state index in [4.69, 9.17) is 0 Å². The summed E-state index contributed by atoms with van der Waals surface area (Å²) in [4.78, 5) is 0. The highest BCUT2D eigenvalue weighted by Crippen LogP contribution is 2.19. The van der Waals surface area contributed by atoms with Gasteiger partial charge in [-0.25, -0.2) is 0 Å². The Bertz CT molecular complexity index is 539. The van der Waals surface area contributed by atoms with Crippen LogP contribution in [0.1, 0.15) is 34.6 Å². The molecule has 0 saturated heterocycles. The molecule has 96 valence electrons. The summed E-state index contributed by atoms with van der Waals surface area (Å²) in [6.45, 7) is 5.01. The van der Waals surface area contributed by atoms with Crippen molar-refractivity contribution in [3.8, 4) is 0 Å². The number of fused-ring (bicyclic) bond motifs is 1. The van der Waals surface area contributed by atoms with Crippen LogP contribution in [-0.2, 0) is 19.4 Å². The highest BCUT2D eigenvalue weighted by molar-refractivity contribution is 5.23. The number of nitrogens with one attached hydrogen (secondary N) is 3. The molecular formula is C13H19N5. The standard InChI is InChI=1S/C13H19N5/c1-8-9(2)16-18-13(8)7-14-11-4-3-10-6-15-17-12(10)5-11/h6,11,14H,3-5,7H2,1-2H3,(H,15,17)(H,16,18). The van der Waals surface area contributed by atoms with Gasteiger partial charge in [0.15, 0.2) is 0 Å². The molecule has 0 spiro atoms. The lowest BCUT2D eigenvalue weighted by atomic mass is 9.94. The Morgan fingerprint density at radius 1 is 1.39 bits per heavy atom. The molecule has 0 fully saturated rings. The van der Waals surface area contributed by atoms with Gasteiger partial charge in [0.1, 0.15) is 0 Å². The molecule has 2 aromatic rings. The average Bonchev–Trinajstić information content (AvgIpc) is 2.96. The smallest absolute Gasteiger partial charge is 0.0791 e. The van der Waals surface area contributed by atoms with Crippen molar-refractivity contribution in [2.75, 3.05) is 0 Å². The molecule has 1 unspecified atom stereocenters. The number of hydrogen-bond acceptors (Lipinski definition) is 3. The van der Waals surface area contributed by atoms with Gasteiger partial charge >= 0.3 is 0 Å². The number of H-pyrrole nitrogens is 2.